The van der Waals surface area contributed by atoms with Crippen LogP contribution in [0.4, 0.5) is 0 Å². The number of alkyl halides is 1. The predicted octanol–water partition coefficient (Wildman–Crippen LogP) is 2.81. The van der Waals surface area contributed by atoms with E-state index in [2.05, 4.69) is 22.9 Å². The van der Waals surface area contributed by atoms with Crippen molar-refractivity contribution < 1.29 is 4.79 Å². The molecule has 0 spiro atoms. The first-order chi connectivity index (χ1) is 6.52. The molecule has 0 heterocycles. The molecular formula is C11H20BrNO. The van der Waals surface area contributed by atoms with E-state index in [4.69, 9.17) is 0 Å². The van der Waals surface area contributed by atoms with Gasteiger partial charge >= 0.3 is 0 Å². The third kappa shape index (κ3) is 2.97. The van der Waals surface area contributed by atoms with Crippen LogP contribution in [0.3, 0.4) is 0 Å². The van der Waals surface area contributed by atoms with E-state index in [-0.39, 0.29) is 10.7 Å². The van der Waals surface area contributed by atoms with Gasteiger partial charge in [-0.05, 0) is 25.7 Å². The second-order valence-corrected chi connectivity index (χ2v) is 5.86. The van der Waals surface area contributed by atoms with Gasteiger partial charge in [0.1, 0.15) is 0 Å². The van der Waals surface area contributed by atoms with Crippen molar-refractivity contribution in [3.8, 4) is 0 Å². The number of nitrogens with zero attached hydrogens (tertiary/aromatic N) is 1. The minimum absolute atomic E-state index is 0.0512. The largest absolute Gasteiger partial charge is 0.342 e. The van der Waals surface area contributed by atoms with Gasteiger partial charge in [0.05, 0.1) is 4.83 Å². The summed E-state index contributed by atoms with van der Waals surface area (Å²) in [5.74, 6) is 0.985. The molecule has 0 aromatic rings. The molecule has 0 N–H and O–H groups in total. The number of carbonyl (C=O) groups is 1. The van der Waals surface area contributed by atoms with Crippen LogP contribution in [0, 0.1) is 5.92 Å². The van der Waals surface area contributed by atoms with Crippen molar-refractivity contribution in [2.45, 2.75) is 50.4 Å². The van der Waals surface area contributed by atoms with E-state index >= 15 is 0 Å². The monoisotopic (exact) mass is 261 g/mol. The van der Waals surface area contributed by atoms with Crippen LogP contribution in [0.1, 0.15) is 39.5 Å². The first kappa shape index (κ1) is 12.0. The Bertz CT molecular complexity index is 205. The van der Waals surface area contributed by atoms with Crippen molar-refractivity contribution in [1.29, 1.82) is 0 Å². The smallest absolute Gasteiger partial charge is 0.236 e. The van der Waals surface area contributed by atoms with Gasteiger partial charge in [-0.25, -0.2) is 0 Å². The Labute approximate surface area is 95.2 Å². The van der Waals surface area contributed by atoms with E-state index in [0.29, 0.717) is 6.04 Å². The molecular weight excluding hydrogens is 242 g/mol. The first-order valence-electron chi connectivity index (χ1n) is 5.43. The Morgan fingerprint density at radius 1 is 1.50 bits per heavy atom. The molecule has 1 aliphatic carbocycles. The van der Waals surface area contributed by atoms with Gasteiger partial charge in [-0.2, -0.15) is 0 Å². The molecule has 0 saturated heterocycles. The zero-order valence-electron chi connectivity index (χ0n) is 9.29. The lowest BCUT2D eigenvalue weighted by Gasteiger charge is -2.34. The molecule has 1 aliphatic rings. The predicted molar refractivity (Wildman–Crippen MR) is 62.6 cm³/mol. The fourth-order valence-electron chi connectivity index (χ4n) is 2.21. The van der Waals surface area contributed by atoms with Gasteiger partial charge in [0.2, 0.25) is 5.91 Å². The summed E-state index contributed by atoms with van der Waals surface area (Å²) in [6.45, 7) is 4.17. The normalized spacial score (nSPS) is 29.7. The lowest BCUT2D eigenvalue weighted by Crippen LogP contribution is -2.42. The van der Waals surface area contributed by atoms with Gasteiger partial charge in [-0.15, -0.1) is 0 Å². The van der Waals surface area contributed by atoms with Crippen LogP contribution < -0.4 is 0 Å². The molecule has 0 bridgehead atoms. The van der Waals surface area contributed by atoms with E-state index in [9.17, 15) is 4.79 Å². The van der Waals surface area contributed by atoms with E-state index in [1.54, 1.807) is 0 Å². The van der Waals surface area contributed by atoms with Crippen molar-refractivity contribution >= 4 is 21.8 Å². The first-order valence-corrected chi connectivity index (χ1v) is 6.34. The van der Waals surface area contributed by atoms with Crippen molar-refractivity contribution in [2.75, 3.05) is 7.05 Å². The number of halogens is 1. The maximum absolute atomic E-state index is 11.7. The quantitative estimate of drug-likeness (QED) is 0.701. The Balaban J connectivity index is 2.51. The molecule has 1 rings (SSSR count). The maximum atomic E-state index is 11.7. The summed E-state index contributed by atoms with van der Waals surface area (Å²) < 4.78 is 0. The summed E-state index contributed by atoms with van der Waals surface area (Å²) in [5.41, 5.74) is 0. The van der Waals surface area contributed by atoms with Crippen LogP contribution in [0.2, 0.25) is 0 Å². The topological polar surface area (TPSA) is 20.3 Å². The Morgan fingerprint density at radius 3 is 2.64 bits per heavy atom. The van der Waals surface area contributed by atoms with Crippen molar-refractivity contribution in [3.63, 3.8) is 0 Å². The number of hydrogen-bond acceptors (Lipinski definition) is 1. The van der Waals surface area contributed by atoms with Gasteiger partial charge in [-0.3, -0.25) is 4.79 Å². The van der Waals surface area contributed by atoms with E-state index in [1.165, 1.54) is 25.7 Å². The third-order valence-electron chi connectivity index (χ3n) is 3.14. The second kappa shape index (κ2) is 5.15. The molecule has 0 aromatic carbocycles. The van der Waals surface area contributed by atoms with Crippen molar-refractivity contribution in [1.82, 2.24) is 4.90 Å². The second-order valence-electron chi connectivity index (χ2n) is 4.49. The maximum Gasteiger partial charge on any atom is 0.236 e. The number of carbonyl (C=O) groups excluding carboxylic acids is 1. The molecule has 0 aliphatic heterocycles. The molecule has 3 heteroatoms. The molecule has 3 atom stereocenters. The Hall–Kier alpha value is -0.0500. The highest BCUT2D eigenvalue weighted by atomic mass is 79.9. The van der Waals surface area contributed by atoms with Crippen LogP contribution in [0.5, 0.6) is 0 Å². The lowest BCUT2D eigenvalue weighted by atomic mass is 9.86. The van der Waals surface area contributed by atoms with Crippen LogP contribution in [0.15, 0.2) is 0 Å². The van der Waals surface area contributed by atoms with Crippen LogP contribution in [0.25, 0.3) is 0 Å². The molecule has 0 radical (unpaired) electrons. The van der Waals surface area contributed by atoms with Gasteiger partial charge in [0.25, 0.3) is 0 Å². The van der Waals surface area contributed by atoms with Gasteiger partial charge in [0, 0.05) is 13.1 Å². The summed E-state index contributed by atoms with van der Waals surface area (Å²) in [6, 6.07) is 0.464. The average molecular weight is 262 g/mol. The fraction of sp³-hybridized carbons (Fsp3) is 0.909. The molecule has 0 aromatic heterocycles. The van der Waals surface area contributed by atoms with E-state index in [1.807, 2.05) is 18.9 Å². The third-order valence-corrected chi connectivity index (χ3v) is 3.54. The van der Waals surface area contributed by atoms with Crippen molar-refractivity contribution in [3.05, 3.63) is 0 Å². The Morgan fingerprint density at radius 2 is 2.14 bits per heavy atom. The van der Waals surface area contributed by atoms with Crippen molar-refractivity contribution in [2.24, 2.45) is 5.92 Å². The van der Waals surface area contributed by atoms with Crippen LogP contribution in [-0.2, 0) is 4.79 Å². The van der Waals surface area contributed by atoms with Crippen LogP contribution >= 0.6 is 15.9 Å². The zero-order chi connectivity index (χ0) is 10.7. The lowest BCUT2D eigenvalue weighted by molar-refractivity contribution is -0.131. The number of amides is 1. The average Bonchev–Trinajstić information content (AvgIpc) is 2.15. The minimum atomic E-state index is -0.0512. The standard InChI is InChI=1S/C11H20BrNO/c1-8-5-4-6-10(7-8)13(3)11(14)9(2)12/h8-10H,4-7H2,1-3H3. The summed E-state index contributed by atoms with van der Waals surface area (Å²) in [7, 11) is 1.93. The van der Waals surface area contributed by atoms with Gasteiger partial charge < -0.3 is 4.90 Å². The van der Waals surface area contributed by atoms with E-state index < -0.39 is 0 Å². The molecule has 1 saturated carbocycles. The summed E-state index contributed by atoms with van der Waals surface area (Å²) in [5, 5.41) is 0. The molecule has 82 valence electrons. The van der Waals surface area contributed by atoms with Gasteiger partial charge in [0.15, 0.2) is 0 Å². The summed E-state index contributed by atoms with van der Waals surface area (Å²) in [6.07, 6.45) is 4.93. The fourth-order valence-corrected chi connectivity index (χ4v) is 2.54. The number of rotatable bonds is 2. The molecule has 2 nitrogen and oxygen atoms in total. The van der Waals surface area contributed by atoms with Gasteiger partial charge in [-0.1, -0.05) is 35.7 Å². The summed E-state index contributed by atoms with van der Waals surface area (Å²) >= 11 is 3.33. The minimum Gasteiger partial charge on any atom is -0.342 e. The van der Waals surface area contributed by atoms with Crippen LogP contribution in [-0.4, -0.2) is 28.7 Å². The SMILES string of the molecule is CC1CCCC(N(C)C(=O)C(C)Br)C1. The Kier molecular flexibility index (Phi) is 4.42. The highest BCUT2D eigenvalue weighted by molar-refractivity contribution is 9.10. The molecule has 3 unspecified atom stereocenters. The summed E-state index contributed by atoms with van der Waals surface area (Å²) in [4.78, 5) is 13.6. The highest BCUT2D eigenvalue weighted by Gasteiger charge is 2.26. The molecule has 14 heavy (non-hydrogen) atoms. The van der Waals surface area contributed by atoms with E-state index in [0.717, 1.165) is 5.92 Å². The molecule has 1 amide bonds. The zero-order valence-corrected chi connectivity index (χ0v) is 10.9. The highest BCUT2D eigenvalue weighted by Crippen LogP contribution is 2.27. The molecule has 1 fully saturated rings. The number of hydrogen-bond donors (Lipinski definition) is 0.